The summed E-state index contributed by atoms with van der Waals surface area (Å²) in [4.78, 5) is 4.22. The van der Waals surface area contributed by atoms with E-state index in [9.17, 15) is 0 Å². The van der Waals surface area contributed by atoms with Crippen LogP contribution in [0.15, 0.2) is 41.8 Å². The molecule has 1 nitrogen and oxygen atoms in total. The molecule has 20 heavy (non-hydrogen) atoms. The van der Waals surface area contributed by atoms with E-state index in [4.69, 9.17) is 0 Å². The van der Waals surface area contributed by atoms with Crippen molar-refractivity contribution in [1.82, 2.24) is 4.90 Å². The average Bonchev–Trinajstić information content (AvgIpc) is 2.89. The summed E-state index contributed by atoms with van der Waals surface area (Å²) >= 11 is 1.91. The molecule has 1 aliphatic heterocycles. The molecule has 1 aromatic carbocycles. The van der Waals surface area contributed by atoms with Gasteiger partial charge in [0.05, 0.1) is 0 Å². The first-order valence-electron chi connectivity index (χ1n) is 7.66. The van der Waals surface area contributed by atoms with Gasteiger partial charge < -0.3 is 0 Å². The number of hydrogen-bond donors (Lipinski definition) is 0. The van der Waals surface area contributed by atoms with E-state index in [1.807, 2.05) is 11.3 Å². The highest BCUT2D eigenvalue weighted by molar-refractivity contribution is 7.10. The van der Waals surface area contributed by atoms with Crippen molar-refractivity contribution in [2.45, 2.75) is 45.2 Å². The van der Waals surface area contributed by atoms with Crippen LogP contribution in [0.3, 0.4) is 0 Å². The predicted molar refractivity (Wildman–Crippen MR) is 87.1 cm³/mol. The first-order valence-corrected chi connectivity index (χ1v) is 8.54. The van der Waals surface area contributed by atoms with Gasteiger partial charge in [-0.05, 0) is 43.3 Å². The highest BCUT2D eigenvalue weighted by Gasteiger charge is 2.23. The standard InChI is InChI=1S/C18H23NS/c1-15-8-10-16(11-9-15)14-19-12-4-2-3-6-17(19)18-7-5-13-20-18/h5,7-11,13,17H,2-4,6,12,14H2,1H3/t17-/m1/s1. The van der Waals surface area contributed by atoms with Crippen LogP contribution in [-0.4, -0.2) is 11.4 Å². The highest BCUT2D eigenvalue weighted by Crippen LogP contribution is 2.33. The Morgan fingerprint density at radius 3 is 2.70 bits per heavy atom. The van der Waals surface area contributed by atoms with Crippen LogP contribution in [0.5, 0.6) is 0 Å². The van der Waals surface area contributed by atoms with Gasteiger partial charge in [-0.3, -0.25) is 4.90 Å². The number of nitrogens with zero attached hydrogens (tertiary/aromatic N) is 1. The Balaban J connectivity index is 1.78. The Bertz CT molecular complexity index is 515. The SMILES string of the molecule is Cc1ccc(CN2CCCCC[C@@H]2c2cccs2)cc1. The Kier molecular flexibility index (Phi) is 4.54. The normalized spacial score (nSPS) is 20.8. The Hall–Kier alpha value is -1.12. The molecule has 106 valence electrons. The molecule has 2 aromatic rings. The summed E-state index contributed by atoms with van der Waals surface area (Å²) in [6, 6.07) is 14.1. The van der Waals surface area contributed by atoms with E-state index in [2.05, 4.69) is 53.6 Å². The lowest BCUT2D eigenvalue weighted by atomic mass is 10.1. The Morgan fingerprint density at radius 1 is 1.10 bits per heavy atom. The number of thiophene rings is 1. The second-order valence-corrected chi connectivity index (χ2v) is 6.82. The van der Waals surface area contributed by atoms with Gasteiger partial charge in [-0.25, -0.2) is 0 Å². The first-order chi connectivity index (χ1) is 9.83. The molecule has 0 spiro atoms. The van der Waals surface area contributed by atoms with Gasteiger partial charge in [-0.1, -0.05) is 48.7 Å². The second kappa shape index (κ2) is 6.55. The average molecular weight is 285 g/mol. The van der Waals surface area contributed by atoms with Crippen LogP contribution >= 0.6 is 11.3 Å². The van der Waals surface area contributed by atoms with E-state index in [0.29, 0.717) is 6.04 Å². The maximum Gasteiger partial charge on any atom is 0.0445 e. The maximum absolute atomic E-state index is 2.68. The number of aryl methyl sites for hydroxylation is 1. The molecule has 0 N–H and O–H groups in total. The molecule has 0 unspecified atom stereocenters. The van der Waals surface area contributed by atoms with Gasteiger partial charge in [0.2, 0.25) is 0 Å². The lowest BCUT2D eigenvalue weighted by molar-refractivity contribution is 0.195. The number of rotatable bonds is 3. The van der Waals surface area contributed by atoms with Crippen molar-refractivity contribution in [1.29, 1.82) is 0 Å². The molecule has 1 saturated heterocycles. The molecule has 2 heteroatoms. The highest BCUT2D eigenvalue weighted by atomic mass is 32.1. The van der Waals surface area contributed by atoms with Crippen molar-refractivity contribution >= 4 is 11.3 Å². The summed E-state index contributed by atoms with van der Waals surface area (Å²) in [5.74, 6) is 0. The minimum Gasteiger partial charge on any atom is -0.291 e. The molecule has 1 aromatic heterocycles. The first kappa shape index (κ1) is 13.8. The van der Waals surface area contributed by atoms with Gasteiger partial charge in [0.25, 0.3) is 0 Å². The summed E-state index contributed by atoms with van der Waals surface area (Å²) in [7, 11) is 0. The minimum atomic E-state index is 0.624. The fourth-order valence-corrected chi connectivity index (χ4v) is 3.98. The molecule has 3 rings (SSSR count). The monoisotopic (exact) mass is 285 g/mol. The largest absolute Gasteiger partial charge is 0.291 e. The van der Waals surface area contributed by atoms with E-state index < -0.39 is 0 Å². The number of benzene rings is 1. The van der Waals surface area contributed by atoms with Gasteiger partial charge in [0, 0.05) is 17.5 Å². The zero-order valence-electron chi connectivity index (χ0n) is 12.2. The van der Waals surface area contributed by atoms with Crippen LogP contribution in [0.25, 0.3) is 0 Å². The van der Waals surface area contributed by atoms with Crippen LogP contribution in [0.1, 0.15) is 47.7 Å². The second-order valence-electron chi connectivity index (χ2n) is 5.84. The molecular weight excluding hydrogens is 262 g/mol. The summed E-state index contributed by atoms with van der Waals surface area (Å²) in [5, 5.41) is 2.21. The molecule has 0 bridgehead atoms. The topological polar surface area (TPSA) is 3.24 Å². The third-order valence-corrected chi connectivity index (χ3v) is 5.22. The molecule has 2 heterocycles. The van der Waals surface area contributed by atoms with Gasteiger partial charge in [0.1, 0.15) is 0 Å². The van der Waals surface area contributed by atoms with Crippen molar-refractivity contribution in [2.75, 3.05) is 6.54 Å². The smallest absolute Gasteiger partial charge is 0.0445 e. The summed E-state index contributed by atoms with van der Waals surface area (Å²) in [5.41, 5.74) is 2.79. The Morgan fingerprint density at radius 2 is 1.95 bits per heavy atom. The van der Waals surface area contributed by atoms with Crippen molar-refractivity contribution in [3.8, 4) is 0 Å². The van der Waals surface area contributed by atoms with E-state index in [1.165, 1.54) is 43.4 Å². The summed E-state index contributed by atoms with van der Waals surface area (Å²) in [6.07, 6.45) is 5.40. The minimum absolute atomic E-state index is 0.624. The van der Waals surface area contributed by atoms with Gasteiger partial charge >= 0.3 is 0 Å². The molecular formula is C18H23NS. The van der Waals surface area contributed by atoms with Crippen molar-refractivity contribution in [3.05, 3.63) is 57.8 Å². The Labute approximate surface area is 126 Å². The fourth-order valence-electron chi connectivity index (χ4n) is 3.09. The van der Waals surface area contributed by atoms with Gasteiger partial charge in [0.15, 0.2) is 0 Å². The predicted octanol–water partition coefficient (Wildman–Crippen LogP) is 5.17. The van der Waals surface area contributed by atoms with Crippen LogP contribution in [0.4, 0.5) is 0 Å². The van der Waals surface area contributed by atoms with Crippen LogP contribution in [0, 0.1) is 6.92 Å². The quantitative estimate of drug-likeness (QED) is 0.751. The lowest BCUT2D eigenvalue weighted by Crippen LogP contribution is -2.27. The zero-order valence-corrected chi connectivity index (χ0v) is 13.0. The zero-order chi connectivity index (χ0) is 13.8. The van der Waals surface area contributed by atoms with E-state index >= 15 is 0 Å². The molecule has 1 fully saturated rings. The summed E-state index contributed by atoms with van der Waals surface area (Å²) < 4.78 is 0. The third kappa shape index (κ3) is 3.31. The molecule has 1 atom stereocenters. The molecule has 1 aliphatic rings. The third-order valence-electron chi connectivity index (χ3n) is 4.24. The van der Waals surface area contributed by atoms with Gasteiger partial charge in [-0.15, -0.1) is 11.3 Å². The van der Waals surface area contributed by atoms with Crippen molar-refractivity contribution in [3.63, 3.8) is 0 Å². The van der Waals surface area contributed by atoms with Crippen LogP contribution < -0.4 is 0 Å². The van der Waals surface area contributed by atoms with E-state index in [0.717, 1.165) is 6.54 Å². The van der Waals surface area contributed by atoms with E-state index in [1.54, 1.807) is 4.88 Å². The fraction of sp³-hybridized carbons (Fsp3) is 0.444. The lowest BCUT2D eigenvalue weighted by Gasteiger charge is -2.29. The molecule has 0 saturated carbocycles. The van der Waals surface area contributed by atoms with Gasteiger partial charge in [-0.2, -0.15) is 0 Å². The molecule has 0 amide bonds. The van der Waals surface area contributed by atoms with Crippen LogP contribution in [0.2, 0.25) is 0 Å². The number of likely N-dealkylation sites (tertiary alicyclic amines) is 1. The van der Waals surface area contributed by atoms with E-state index in [-0.39, 0.29) is 0 Å². The number of hydrogen-bond acceptors (Lipinski definition) is 2. The summed E-state index contributed by atoms with van der Waals surface area (Å²) in [6.45, 7) is 4.48. The van der Waals surface area contributed by atoms with Crippen LogP contribution in [-0.2, 0) is 6.54 Å². The maximum atomic E-state index is 2.68. The van der Waals surface area contributed by atoms with Crippen molar-refractivity contribution in [2.24, 2.45) is 0 Å². The van der Waals surface area contributed by atoms with Crippen molar-refractivity contribution < 1.29 is 0 Å². The molecule has 0 aliphatic carbocycles. The molecule has 0 radical (unpaired) electrons.